The second kappa shape index (κ2) is 5.44. The molecule has 0 bridgehead atoms. The van der Waals surface area contributed by atoms with Crippen molar-refractivity contribution in [2.45, 2.75) is 26.8 Å². The first kappa shape index (κ1) is 13.0. The van der Waals surface area contributed by atoms with E-state index in [0.717, 1.165) is 28.5 Å². The number of benzene rings is 1. The van der Waals surface area contributed by atoms with Gasteiger partial charge in [-0.1, -0.05) is 30.7 Å². The van der Waals surface area contributed by atoms with E-state index in [2.05, 4.69) is 41.6 Å². The van der Waals surface area contributed by atoms with E-state index in [9.17, 15) is 0 Å². The van der Waals surface area contributed by atoms with Gasteiger partial charge in [-0.15, -0.1) is 0 Å². The van der Waals surface area contributed by atoms with Gasteiger partial charge in [0, 0.05) is 12.7 Å². The molecule has 1 aromatic heterocycles. The number of hydrogen-bond donors (Lipinski definition) is 1. The lowest BCUT2D eigenvalue weighted by molar-refractivity contribution is 0.713. The molecular formula is C14H18ClN3. The summed E-state index contributed by atoms with van der Waals surface area (Å²) in [6, 6.07) is 8.46. The summed E-state index contributed by atoms with van der Waals surface area (Å²) in [5.74, 6) is 0. The molecule has 0 saturated heterocycles. The Hall–Kier alpha value is -1.48. The van der Waals surface area contributed by atoms with Crippen LogP contribution in [0.4, 0.5) is 5.69 Å². The average molecular weight is 264 g/mol. The molecule has 0 aliphatic rings. The van der Waals surface area contributed by atoms with Crippen molar-refractivity contribution in [3.8, 4) is 0 Å². The van der Waals surface area contributed by atoms with E-state index in [1.54, 1.807) is 0 Å². The molecule has 2 rings (SSSR count). The van der Waals surface area contributed by atoms with Gasteiger partial charge in [0.25, 0.3) is 0 Å². The van der Waals surface area contributed by atoms with E-state index in [-0.39, 0.29) is 0 Å². The predicted molar refractivity (Wildman–Crippen MR) is 76.1 cm³/mol. The van der Waals surface area contributed by atoms with Crippen molar-refractivity contribution >= 4 is 17.3 Å². The van der Waals surface area contributed by atoms with Crippen LogP contribution in [-0.2, 0) is 20.0 Å². The minimum atomic E-state index is 0.682. The summed E-state index contributed by atoms with van der Waals surface area (Å²) in [6.07, 6.45) is 1.06. The van der Waals surface area contributed by atoms with Crippen LogP contribution in [0.5, 0.6) is 0 Å². The van der Waals surface area contributed by atoms with Crippen LogP contribution in [0, 0.1) is 6.92 Å². The van der Waals surface area contributed by atoms with Crippen LogP contribution in [0.3, 0.4) is 0 Å². The molecule has 0 radical (unpaired) electrons. The van der Waals surface area contributed by atoms with E-state index < -0.39 is 0 Å². The van der Waals surface area contributed by atoms with Gasteiger partial charge in [-0.3, -0.25) is 4.68 Å². The van der Waals surface area contributed by atoms with E-state index >= 15 is 0 Å². The molecule has 2 aromatic rings. The molecule has 3 nitrogen and oxygen atoms in total. The van der Waals surface area contributed by atoms with Gasteiger partial charge in [0.1, 0.15) is 0 Å². The Balaban J connectivity index is 2.06. The molecule has 0 saturated carbocycles. The lowest BCUT2D eigenvalue weighted by Gasteiger charge is -2.08. The van der Waals surface area contributed by atoms with E-state index in [1.165, 1.54) is 5.56 Å². The van der Waals surface area contributed by atoms with Gasteiger partial charge in [0.2, 0.25) is 0 Å². The molecule has 0 atom stereocenters. The van der Waals surface area contributed by atoms with Crippen molar-refractivity contribution in [2.24, 2.45) is 7.05 Å². The molecule has 1 aromatic carbocycles. The number of hydrogen-bond acceptors (Lipinski definition) is 2. The molecule has 0 fully saturated rings. The van der Waals surface area contributed by atoms with Crippen LogP contribution >= 0.6 is 11.6 Å². The highest BCUT2D eigenvalue weighted by molar-refractivity contribution is 6.31. The number of anilines is 1. The summed E-state index contributed by atoms with van der Waals surface area (Å²) in [7, 11) is 1.91. The SMILES string of the molecule is CCc1ccc(NCc2c(Cl)c(C)nn2C)cc1. The second-order valence-electron chi connectivity index (χ2n) is 4.37. The first-order chi connectivity index (χ1) is 8.61. The third-order valence-corrected chi connectivity index (χ3v) is 3.58. The minimum absolute atomic E-state index is 0.682. The van der Waals surface area contributed by atoms with Gasteiger partial charge in [0.15, 0.2) is 0 Å². The number of rotatable bonds is 4. The summed E-state index contributed by atoms with van der Waals surface area (Å²) >= 11 is 6.20. The van der Waals surface area contributed by atoms with Crippen molar-refractivity contribution in [1.82, 2.24) is 9.78 Å². The van der Waals surface area contributed by atoms with Crippen LogP contribution < -0.4 is 5.32 Å². The third-order valence-electron chi connectivity index (χ3n) is 3.08. The highest BCUT2D eigenvalue weighted by atomic mass is 35.5. The molecule has 0 amide bonds. The molecule has 0 spiro atoms. The second-order valence-corrected chi connectivity index (χ2v) is 4.75. The summed E-state index contributed by atoms with van der Waals surface area (Å²) in [5, 5.41) is 8.40. The van der Waals surface area contributed by atoms with Crippen molar-refractivity contribution < 1.29 is 0 Å². The largest absolute Gasteiger partial charge is 0.379 e. The fourth-order valence-electron chi connectivity index (χ4n) is 1.92. The monoisotopic (exact) mass is 263 g/mol. The lowest BCUT2D eigenvalue weighted by Crippen LogP contribution is -2.05. The molecule has 96 valence electrons. The summed E-state index contributed by atoms with van der Waals surface area (Å²) in [4.78, 5) is 0. The zero-order chi connectivity index (χ0) is 13.1. The summed E-state index contributed by atoms with van der Waals surface area (Å²) in [5.41, 5.74) is 4.32. The average Bonchev–Trinajstić information content (AvgIpc) is 2.62. The van der Waals surface area contributed by atoms with Gasteiger partial charge >= 0.3 is 0 Å². The van der Waals surface area contributed by atoms with E-state index in [1.807, 2.05) is 18.7 Å². The molecule has 18 heavy (non-hydrogen) atoms. The number of nitrogens with zero attached hydrogens (tertiary/aromatic N) is 2. The standard InChI is InChI=1S/C14H18ClN3/c1-4-11-5-7-12(8-6-11)16-9-13-14(15)10(2)17-18(13)3/h5-8,16H,4,9H2,1-3H3. The Bertz CT molecular complexity index is 529. The van der Waals surface area contributed by atoms with Crippen molar-refractivity contribution in [3.05, 3.63) is 46.2 Å². The summed E-state index contributed by atoms with van der Waals surface area (Å²) in [6.45, 7) is 4.75. The van der Waals surface area contributed by atoms with Gasteiger partial charge in [-0.05, 0) is 31.0 Å². The Morgan fingerprint density at radius 1 is 1.28 bits per heavy atom. The molecule has 0 aliphatic heterocycles. The van der Waals surface area contributed by atoms with Crippen LogP contribution in [0.15, 0.2) is 24.3 Å². The number of aromatic nitrogens is 2. The molecule has 0 aliphatic carbocycles. The fraction of sp³-hybridized carbons (Fsp3) is 0.357. The van der Waals surface area contributed by atoms with Gasteiger partial charge in [-0.25, -0.2) is 0 Å². The van der Waals surface area contributed by atoms with Gasteiger partial charge in [0.05, 0.1) is 23.0 Å². The molecule has 1 N–H and O–H groups in total. The van der Waals surface area contributed by atoms with E-state index in [4.69, 9.17) is 11.6 Å². The van der Waals surface area contributed by atoms with Crippen LogP contribution in [-0.4, -0.2) is 9.78 Å². The smallest absolute Gasteiger partial charge is 0.0865 e. The highest BCUT2D eigenvalue weighted by Crippen LogP contribution is 2.20. The zero-order valence-electron chi connectivity index (χ0n) is 11.0. The van der Waals surface area contributed by atoms with Gasteiger partial charge in [-0.2, -0.15) is 5.10 Å². The van der Waals surface area contributed by atoms with E-state index in [0.29, 0.717) is 6.54 Å². The van der Waals surface area contributed by atoms with Crippen LogP contribution in [0.25, 0.3) is 0 Å². The third kappa shape index (κ3) is 2.67. The number of nitrogens with one attached hydrogen (secondary N) is 1. The highest BCUT2D eigenvalue weighted by Gasteiger charge is 2.10. The quantitative estimate of drug-likeness (QED) is 0.914. The minimum Gasteiger partial charge on any atom is -0.379 e. The molecule has 1 heterocycles. The topological polar surface area (TPSA) is 29.9 Å². The van der Waals surface area contributed by atoms with Crippen LogP contribution in [0.1, 0.15) is 23.9 Å². The maximum atomic E-state index is 6.20. The molecular weight excluding hydrogens is 246 g/mol. The molecule has 0 unspecified atom stereocenters. The Morgan fingerprint density at radius 2 is 1.94 bits per heavy atom. The molecule has 4 heteroatoms. The van der Waals surface area contributed by atoms with Crippen molar-refractivity contribution in [1.29, 1.82) is 0 Å². The maximum absolute atomic E-state index is 6.20. The fourth-order valence-corrected chi connectivity index (χ4v) is 2.14. The first-order valence-electron chi connectivity index (χ1n) is 6.12. The maximum Gasteiger partial charge on any atom is 0.0865 e. The Labute approximate surface area is 113 Å². The normalized spacial score (nSPS) is 10.7. The zero-order valence-corrected chi connectivity index (χ0v) is 11.8. The predicted octanol–water partition coefficient (Wildman–Crippen LogP) is 3.56. The van der Waals surface area contributed by atoms with Crippen LogP contribution in [0.2, 0.25) is 5.02 Å². The number of halogens is 1. The Kier molecular flexibility index (Phi) is 3.92. The Morgan fingerprint density at radius 3 is 2.44 bits per heavy atom. The first-order valence-corrected chi connectivity index (χ1v) is 6.50. The summed E-state index contributed by atoms with van der Waals surface area (Å²) < 4.78 is 1.82. The lowest BCUT2D eigenvalue weighted by atomic mass is 10.1. The number of aryl methyl sites for hydroxylation is 3. The van der Waals surface area contributed by atoms with Gasteiger partial charge < -0.3 is 5.32 Å². The van der Waals surface area contributed by atoms with Crippen molar-refractivity contribution in [2.75, 3.05) is 5.32 Å². The van der Waals surface area contributed by atoms with Crippen molar-refractivity contribution in [3.63, 3.8) is 0 Å².